The largest absolute Gasteiger partial charge is 0.247 e. The molecule has 0 aliphatic rings. The molecule has 3 aromatic carbocycles. The predicted octanol–water partition coefficient (Wildman–Crippen LogP) is 8.36. The van der Waals surface area contributed by atoms with Gasteiger partial charge in [0, 0.05) is 17.5 Å². The topological polar surface area (TPSA) is 24.7 Å². The van der Waals surface area contributed by atoms with Gasteiger partial charge in [0.25, 0.3) is 0 Å². The van der Waals surface area contributed by atoms with Gasteiger partial charge in [0.15, 0.2) is 0 Å². The van der Waals surface area contributed by atoms with Crippen molar-refractivity contribution in [2.45, 2.75) is 71.4 Å². The summed E-state index contributed by atoms with van der Waals surface area (Å²) in [6.45, 7) is 4.35. The van der Waals surface area contributed by atoms with Gasteiger partial charge in [0.05, 0.1) is 6.21 Å². The van der Waals surface area contributed by atoms with E-state index in [4.69, 9.17) is 0 Å². The first-order chi connectivity index (χ1) is 16.7. The molecule has 0 heterocycles. The molecule has 0 amide bonds. The molecule has 0 aliphatic heterocycles. The van der Waals surface area contributed by atoms with Crippen LogP contribution in [0.5, 0.6) is 0 Å². The van der Waals surface area contributed by atoms with Crippen LogP contribution in [0.1, 0.15) is 80.2 Å². The third kappa shape index (κ3) is 8.06. The fourth-order valence-corrected chi connectivity index (χ4v) is 4.05. The fourth-order valence-electron chi connectivity index (χ4n) is 4.05. The molecule has 0 saturated carbocycles. The molecule has 0 radical (unpaired) electrons. The Morgan fingerprint density at radius 1 is 0.794 bits per heavy atom. The second kappa shape index (κ2) is 14.2. The second-order valence-corrected chi connectivity index (χ2v) is 8.86. The number of benzene rings is 3. The summed E-state index contributed by atoms with van der Waals surface area (Å²) in [5, 5.41) is 9.11. The molecule has 1 unspecified atom stereocenters. The molecule has 2 nitrogen and oxygen atoms in total. The maximum Gasteiger partial charge on any atom is 0.104 e. The average molecular weight is 457 g/mol. The lowest BCUT2D eigenvalue weighted by molar-refractivity contribution is 0.304. The maximum atomic E-state index is 14.3. The van der Waals surface area contributed by atoms with E-state index < -0.39 is 6.17 Å². The van der Waals surface area contributed by atoms with Crippen molar-refractivity contribution in [3.8, 4) is 0 Å². The minimum absolute atomic E-state index is 0.467. The Morgan fingerprint density at radius 2 is 1.47 bits per heavy atom. The monoisotopic (exact) mass is 456 g/mol. The van der Waals surface area contributed by atoms with E-state index in [9.17, 15) is 4.39 Å². The van der Waals surface area contributed by atoms with Crippen LogP contribution in [-0.4, -0.2) is 18.1 Å². The first kappa shape index (κ1) is 25.6. The van der Waals surface area contributed by atoms with Crippen molar-refractivity contribution in [3.05, 3.63) is 107 Å². The lowest BCUT2D eigenvalue weighted by Gasteiger charge is -2.10. The van der Waals surface area contributed by atoms with Crippen LogP contribution in [0.2, 0.25) is 0 Å². The summed E-state index contributed by atoms with van der Waals surface area (Å²) in [7, 11) is 0. The van der Waals surface area contributed by atoms with Gasteiger partial charge in [0.2, 0.25) is 0 Å². The Labute approximate surface area is 204 Å². The van der Waals surface area contributed by atoms with Crippen LogP contribution in [-0.2, 0) is 12.8 Å². The molecule has 0 N–H and O–H groups in total. The van der Waals surface area contributed by atoms with Crippen LogP contribution >= 0.6 is 0 Å². The van der Waals surface area contributed by atoms with Crippen LogP contribution in [0.15, 0.2) is 89.1 Å². The lowest BCUT2D eigenvalue weighted by Crippen LogP contribution is -2.06. The number of halogens is 1. The molecule has 178 valence electrons. The van der Waals surface area contributed by atoms with Crippen molar-refractivity contribution < 1.29 is 4.39 Å². The SMILES string of the molecule is CCCCCC(F)Cc1ccc(C(=NN=Cc2ccccc2CCCC)c2ccccc2)cc1. The third-order valence-electron chi connectivity index (χ3n) is 6.06. The van der Waals surface area contributed by atoms with Gasteiger partial charge in [-0.05, 0) is 36.0 Å². The molecular weight excluding hydrogens is 419 g/mol. The Hall–Kier alpha value is -3.07. The van der Waals surface area contributed by atoms with E-state index in [0.29, 0.717) is 12.8 Å². The average Bonchev–Trinajstić information content (AvgIpc) is 2.87. The van der Waals surface area contributed by atoms with E-state index in [-0.39, 0.29) is 0 Å². The first-order valence-corrected chi connectivity index (χ1v) is 12.7. The molecule has 0 saturated heterocycles. The van der Waals surface area contributed by atoms with Gasteiger partial charge in [0.1, 0.15) is 11.9 Å². The summed E-state index contributed by atoms with van der Waals surface area (Å²) in [5.41, 5.74) is 6.23. The molecular formula is C31H37FN2. The van der Waals surface area contributed by atoms with Crippen LogP contribution in [0, 0.1) is 0 Å². The van der Waals surface area contributed by atoms with Crippen LogP contribution in [0.4, 0.5) is 4.39 Å². The van der Waals surface area contributed by atoms with E-state index in [1.54, 1.807) is 0 Å². The van der Waals surface area contributed by atoms with Gasteiger partial charge >= 0.3 is 0 Å². The lowest BCUT2D eigenvalue weighted by atomic mass is 9.98. The van der Waals surface area contributed by atoms with E-state index in [2.05, 4.69) is 42.2 Å². The summed E-state index contributed by atoms with van der Waals surface area (Å²) >= 11 is 0. The number of rotatable bonds is 13. The predicted molar refractivity (Wildman–Crippen MR) is 144 cm³/mol. The van der Waals surface area contributed by atoms with Crippen LogP contribution in [0.25, 0.3) is 0 Å². The zero-order chi connectivity index (χ0) is 24.0. The summed E-state index contributed by atoms with van der Waals surface area (Å²) < 4.78 is 14.3. The van der Waals surface area contributed by atoms with E-state index in [0.717, 1.165) is 60.1 Å². The van der Waals surface area contributed by atoms with Crippen LogP contribution in [0.3, 0.4) is 0 Å². The van der Waals surface area contributed by atoms with Gasteiger partial charge < -0.3 is 0 Å². The molecule has 0 aromatic heterocycles. The molecule has 34 heavy (non-hydrogen) atoms. The summed E-state index contributed by atoms with van der Waals surface area (Å²) in [6, 6.07) is 26.6. The van der Waals surface area contributed by atoms with Crippen molar-refractivity contribution in [2.24, 2.45) is 10.2 Å². The molecule has 0 spiro atoms. The molecule has 0 bridgehead atoms. The molecule has 0 fully saturated rings. The van der Waals surface area contributed by atoms with Crippen molar-refractivity contribution >= 4 is 11.9 Å². The highest BCUT2D eigenvalue weighted by Gasteiger charge is 2.10. The van der Waals surface area contributed by atoms with Crippen molar-refractivity contribution in [1.29, 1.82) is 0 Å². The van der Waals surface area contributed by atoms with Gasteiger partial charge in [-0.25, -0.2) is 4.39 Å². The molecule has 3 heteroatoms. The standard InChI is InChI=1S/C31H37FN2/c1-3-5-8-18-30(32)23-25-19-21-28(22-20-25)31(27-15-9-7-10-16-27)34-33-24-29-17-12-11-14-26(29)13-6-4-2/h7,9-12,14-17,19-22,24,30H,3-6,8,13,18,23H2,1-2H3. The fraction of sp³-hybridized carbons (Fsp3) is 0.355. The summed E-state index contributed by atoms with van der Waals surface area (Å²) in [4.78, 5) is 0. The minimum Gasteiger partial charge on any atom is -0.247 e. The zero-order valence-electron chi connectivity index (χ0n) is 20.6. The Morgan fingerprint density at radius 3 is 2.21 bits per heavy atom. The molecule has 3 rings (SSSR count). The van der Waals surface area contributed by atoms with E-state index >= 15 is 0 Å². The van der Waals surface area contributed by atoms with Crippen molar-refractivity contribution in [2.75, 3.05) is 0 Å². The highest BCUT2D eigenvalue weighted by atomic mass is 19.1. The second-order valence-electron chi connectivity index (χ2n) is 8.86. The normalized spacial score (nSPS) is 12.9. The number of hydrogen-bond acceptors (Lipinski definition) is 2. The van der Waals surface area contributed by atoms with E-state index in [1.165, 1.54) is 12.0 Å². The molecule has 1 atom stereocenters. The number of hydrogen-bond donors (Lipinski definition) is 0. The smallest absolute Gasteiger partial charge is 0.104 e. The highest BCUT2D eigenvalue weighted by Crippen LogP contribution is 2.17. The van der Waals surface area contributed by atoms with Crippen molar-refractivity contribution in [3.63, 3.8) is 0 Å². The number of alkyl halides is 1. The highest BCUT2D eigenvalue weighted by molar-refractivity contribution is 6.13. The quantitative estimate of drug-likeness (QED) is 0.140. The van der Waals surface area contributed by atoms with E-state index in [1.807, 2.05) is 66.9 Å². The zero-order valence-corrected chi connectivity index (χ0v) is 20.6. The third-order valence-corrected chi connectivity index (χ3v) is 6.06. The number of aryl methyl sites for hydroxylation is 1. The summed E-state index contributed by atoms with van der Waals surface area (Å²) in [5.74, 6) is 0. The van der Waals surface area contributed by atoms with Gasteiger partial charge in [-0.3, -0.25) is 0 Å². The number of nitrogens with zero attached hydrogens (tertiary/aromatic N) is 2. The van der Waals surface area contributed by atoms with Gasteiger partial charge in [-0.2, -0.15) is 5.10 Å². The summed E-state index contributed by atoms with van der Waals surface area (Å²) in [6.07, 6.45) is 8.73. The Kier molecular flexibility index (Phi) is 10.7. The van der Waals surface area contributed by atoms with Crippen LogP contribution < -0.4 is 0 Å². The Balaban J connectivity index is 1.80. The van der Waals surface area contributed by atoms with Crippen molar-refractivity contribution in [1.82, 2.24) is 0 Å². The van der Waals surface area contributed by atoms with Gasteiger partial charge in [-0.1, -0.05) is 118 Å². The molecule has 3 aromatic rings. The first-order valence-electron chi connectivity index (χ1n) is 12.7. The molecule has 0 aliphatic carbocycles. The minimum atomic E-state index is -0.781. The maximum absolute atomic E-state index is 14.3. The number of unbranched alkanes of at least 4 members (excludes halogenated alkanes) is 3. The Bertz CT molecular complexity index is 1040. The van der Waals surface area contributed by atoms with Gasteiger partial charge in [-0.15, -0.1) is 5.10 Å².